The highest BCUT2D eigenvalue weighted by atomic mass is 79.9. The number of nitrogens with one attached hydrogen (secondary N) is 2. The Morgan fingerprint density at radius 2 is 1.95 bits per heavy atom. The zero-order valence-electron chi connectivity index (χ0n) is 11.2. The van der Waals surface area contributed by atoms with Gasteiger partial charge in [-0.05, 0) is 58.6 Å². The van der Waals surface area contributed by atoms with E-state index < -0.39 is 0 Å². The number of para-hydroxylation sites is 1. The van der Waals surface area contributed by atoms with Crippen LogP contribution in [0.4, 0.5) is 11.4 Å². The van der Waals surface area contributed by atoms with E-state index in [-0.39, 0.29) is 11.9 Å². The molecule has 2 aromatic carbocycles. The lowest BCUT2D eigenvalue weighted by Gasteiger charge is -2.18. The number of rotatable bonds is 2. The van der Waals surface area contributed by atoms with Crippen molar-refractivity contribution in [3.8, 4) is 0 Å². The van der Waals surface area contributed by atoms with Gasteiger partial charge in [0.25, 0.3) is 0 Å². The van der Waals surface area contributed by atoms with Crippen molar-refractivity contribution >= 4 is 49.1 Å². The molecule has 108 valence electrons. The molecule has 3 nitrogen and oxygen atoms in total. The molecule has 21 heavy (non-hydrogen) atoms. The number of halogens is 2. The zero-order valence-corrected chi connectivity index (χ0v) is 14.4. The van der Waals surface area contributed by atoms with E-state index in [9.17, 15) is 4.79 Å². The van der Waals surface area contributed by atoms with Crippen LogP contribution in [0, 0.1) is 0 Å². The van der Waals surface area contributed by atoms with Gasteiger partial charge in [-0.15, -0.1) is 0 Å². The van der Waals surface area contributed by atoms with Gasteiger partial charge in [-0.1, -0.05) is 34.1 Å². The molecule has 0 spiro atoms. The third-order valence-corrected chi connectivity index (χ3v) is 4.74. The maximum absolute atomic E-state index is 12.4. The number of amides is 1. The van der Waals surface area contributed by atoms with Crippen molar-refractivity contribution in [1.82, 2.24) is 0 Å². The monoisotopic (exact) mass is 408 g/mol. The minimum Gasteiger partial charge on any atom is -0.373 e. The predicted molar refractivity (Wildman–Crippen MR) is 92.6 cm³/mol. The molecule has 0 aromatic heterocycles. The van der Waals surface area contributed by atoms with E-state index >= 15 is 0 Å². The molecule has 0 radical (unpaired) electrons. The summed E-state index contributed by atoms with van der Waals surface area (Å²) in [5.41, 5.74) is 3.01. The van der Waals surface area contributed by atoms with Crippen LogP contribution in [-0.2, 0) is 11.2 Å². The van der Waals surface area contributed by atoms with Gasteiger partial charge in [-0.3, -0.25) is 4.79 Å². The molecule has 1 aliphatic rings. The summed E-state index contributed by atoms with van der Waals surface area (Å²) >= 11 is 6.96. The number of fused-ring (bicyclic) bond motifs is 1. The third-order valence-electron chi connectivity index (χ3n) is 3.55. The van der Waals surface area contributed by atoms with E-state index in [1.165, 1.54) is 5.56 Å². The molecule has 0 bridgehead atoms. The van der Waals surface area contributed by atoms with Gasteiger partial charge in [0.15, 0.2) is 0 Å². The predicted octanol–water partition coefficient (Wildman–Crippen LogP) is 4.58. The number of hydrogen-bond donors (Lipinski definition) is 2. The first kappa shape index (κ1) is 14.6. The standard InChI is InChI=1S/C16H14Br2N2O/c17-11-6-7-12(18)15(9-11)19-14-8-5-10-3-1-2-4-13(10)20-16(14)21/h1-4,6-7,9,14,19H,5,8H2,(H,20,21). The van der Waals surface area contributed by atoms with Crippen LogP contribution in [0.2, 0.25) is 0 Å². The average Bonchev–Trinajstić information content (AvgIpc) is 2.62. The van der Waals surface area contributed by atoms with E-state index in [0.717, 1.165) is 33.2 Å². The van der Waals surface area contributed by atoms with E-state index in [2.05, 4.69) is 48.6 Å². The van der Waals surface area contributed by atoms with Crippen molar-refractivity contribution in [3.63, 3.8) is 0 Å². The van der Waals surface area contributed by atoms with Gasteiger partial charge in [-0.25, -0.2) is 0 Å². The van der Waals surface area contributed by atoms with Crippen LogP contribution in [0.5, 0.6) is 0 Å². The lowest BCUT2D eigenvalue weighted by atomic mass is 10.1. The summed E-state index contributed by atoms with van der Waals surface area (Å²) in [6, 6.07) is 13.6. The molecule has 0 fully saturated rings. The van der Waals surface area contributed by atoms with Gasteiger partial charge in [-0.2, -0.15) is 0 Å². The van der Waals surface area contributed by atoms with Crippen molar-refractivity contribution in [2.24, 2.45) is 0 Å². The lowest BCUT2D eigenvalue weighted by molar-refractivity contribution is -0.116. The Morgan fingerprint density at radius 1 is 1.14 bits per heavy atom. The molecule has 1 heterocycles. The largest absolute Gasteiger partial charge is 0.373 e. The number of benzene rings is 2. The Labute approximate surface area is 140 Å². The van der Waals surface area contributed by atoms with Crippen molar-refractivity contribution in [2.75, 3.05) is 10.6 Å². The highest BCUT2D eigenvalue weighted by Gasteiger charge is 2.23. The molecule has 1 aliphatic heterocycles. The van der Waals surface area contributed by atoms with Crippen molar-refractivity contribution in [2.45, 2.75) is 18.9 Å². The number of hydrogen-bond acceptors (Lipinski definition) is 2. The second kappa shape index (κ2) is 6.20. The second-order valence-corrected chi connectivity index (χ2v) is 6.78. The Morgan fingerprint density at radius 3 is 2.81 bits per heavy atom. The summed E-state index contributed by atoms with van der Waals surface area (Å²) in [7, 11) is 0. The first-order valence-corrected chi connectivity index (χ1v) is 8.32. The molecule has 2 aromatic rings. The van der Waals surface area contributed by atoms with Gasteiger partial charge in [0.1, 0.15) is 6.04 Å². The minimum absolute atomic E-state index is 0.00632. The van der Waals surface area contributed by atoms with Crippen molar-refractivity contribution < 1.29 is 4.79 Å². The molecule has 0 saturated carbocycles. The Balaban J connectivity index is 1.81. The minimum atomic E-state index is -0.247. The van der Waals surface area contributed by atoms with E-state index in [1.807, 2.05) is 36.4 Å². The molecular formula is C16H14Br2N2O. The SMILES string of the molecule is O=C1Nc2ccccc2CCC1Nc1cc(Br)ccc1Br. The molecule has 5 heteroatoms. The first-order chi connectivity index (χ1) is 10.1. The quantitative estimate of drug-likeness (QED) is 0.762. The fraction of sp³-hybridized carbons (Fsp3) is 0.188. The van der Waals surface area contributed by atoms with Crippen LogP contribution >= 0.6 is 31.9 Å². The number of carbonyl (C=O) groups excluding carboxylic acids is 1. The molecular weight excluding hydrogens is 396 g/mol. The maximum atomic E-state index is 12.4. The number of aryl methyl sites for hydroxylation is 1. The summed E-state index contributed by atoms with van der Waals surface area (Å²) in [6.45, 7) is 0. The topological polar surface area (TPSA) is 41.1 Å². The smallest absolute Gasteiger partial charge is 0.246 e. The Hall–Kier alpha value is -1.33. The van der Waals surface area contributed by atoms with Crippen LogP contribution in [0.15, 0.2) is 51.4 Å². The number of carbonyl (C=O) groups is 1. The third kappa shape index (κ3) is 3.30. The maximum Gasteiger partial charge on any atom is 0.246 e. The van der Waals surface area contributed by atoms with Gasteiger partial charge < -0.3 is 10.6 Å². The molecule has 1 atom stereocenters. The molecule has 3 rings (SSSR count). The second-order valence-electron chi connectivity index (χ2n) is 5.01. The lowest BCUT2D eigenvalue weighted by Crippen LogP contribution is -2.33. The van der Waals surface area contributed by atoms with Crippen LogP contribution in [0.1, 0.15) is 12.0 Å². The summed E-state index contributed by atoms with van der Waals surface area (Å²) < 4.78 is 1.92. The van der Waals surface area contributed by atoms with Crippen LogP contribution < -0.4 is 10.6 Å². The highest BCUT2D eigenvalue weighted by molar-refractivity contribution is 9.11. The summed E-state index contributed by atoms with van der Waals surface area (Å²) in [5, 5.41) is 6.32. The van der Waals surface area contributed by atoms with Crippen LogP contribution in [0.25, 0.3) is 0 Å². The molecule has 0 aliphatic carbocycles. The van der Waals surface area contributed by atoms with E-state index in [1.54, 1.807) is 0 Å². The van der Waals surface area contributed by atoms with Crippen molar-refractivity contribution in [3.05, 3.63) is 57.0 Å². The number of anilines is 2. The average molecular weight is 410 g/mol. The van der Waals surface area contributed by atoms with E-state index in [4.69, 9.17) is 0 Å². The normalized spacial score (nSPS) is 17.6. The molecule has 2 N–H and O–H groups in total. The van der Waals surface area contributed by atoms with E-state index in [0.29, 0.717) is 0 Å². The summed E-state index contributed by atoms with van der Waals surface area (Å²) in [4.78, 5) is 12.4. The molecule has 1 unspecified atom stereocenters. The molecule has 0 saturated heterocycles. The van der Waals surface area contributed by atoms with Crippen LogP contribution in [-0.4, -0.2) is 11.9 Å². The van der Waals surface area contributed by atoms with Gasteiger partial charge in [0, 0.05) is 14.6 Å². The van der Waals surface area contributed by atoms with Gasteiger partial charge in [0.2, 0.25) is 5.91 Å². The van der Waals surface area contributed by atoms with Gasteiger partial charge >= 0.3 is 0 Å². The Kier molecular flexibility index (Phi) is 4.31. The van der Waals surface area contributed by atoms with Crippen molar-refractivity contribution in [1.29, 1.82) is 0 Å². The first-order valence-electron chi connectivity index (χ1n) is 6.74. The fourth-order valence-corrected chi connectivity index (χ4v) is 3.17. The molecule has 1 amide bonds. The summed E-state index contributed by atoms with van der Waals surface area (Å²) in [5.74, 6) is 0.00632. The van der Waals surface area contributed by atoms with Gasteiger partial charge in [0.05, 0.1) is 5.69 Å². The summed E-state index contributed by atoms with van der Waals surface area (Å²) in [6.07, 6.45) is 1.64. The zero-order chi connectivity index (χ0) is 14.8. The van der Waals surface area contributed by atoms with Crippen LogP contribution in [0.3, 0.4) is 0 Å². The Bertz CT molecular complexity index is 688. The highest BCUT2D eigenvalue weighted by Crippen LogP contribution is 2.29. The fourth-order valence-electron chi connectivity index (χ4n) is 2.44.